The number of carbonyl (C=O) groups excluding carboxylic acids is 1. The first-order valence-electron chi connectivity index (χ1n) is 6.58. The summed E-state index contributed by atoms with van der Waals surface area (Å²) < 4.78 is 17.9. The molecule has 1 rings (SSSR count). The van der Waals surface area contributed by atoms with Gasteiger partial charge in [-0.05, 0) is 26.8 Å². The van der Waals surface area contributed by atoms with Gasteiger partial charge in [0.1, 0.15) is 16.7 Å². The summed E-state index contributed by atoms with van der Waals surface area (Å²) in [6, 6.07) is 0.380. The van der Waals surface area contributed by atoms with Crippen LogP contribution < -0.4 is 5.32 Å². The molecule has 1 amide bonds. The zero-order valence-electron chi connectivity index (χ0n) is 13.2. The summed E-state index contributed by atoms with van der Waals surface area (Å²) in [4.78, 5) is 22.9. The van der Waals surface area contributed by atoms with Crippen LogP contribution in [-0.2, 0) is 33.8 Å². The molecule has 0 bridgehead atoms. The number of aromatic nitrogens is 2. The van der Waals surface area contributed by atoms with Gasteiger partial charge in [-0.3, -0.25) is 8.89 Å². The minimum Gasteiger partial charge on any atom is -0.480 e. The lowest BCUT2D eigenvalue weighted by Crippen LogP contribution is -2.44. The molecule has 2 unspecified atom stereocenters. The zero-order valence-corrected chi connectivity index (χ0v) is 14.1. The molecule has 0 radical (unpaired) electrons. The third kappa shape index (κ3) is 5.47. The summed E-state index contributed by atoms with van der Waals surface area (Å²) in [5.41, 5.74) is -0.291. The van der Waals surface area contributed by atoms with Gasteiger partial charge in [-0.1, -0.05) is 0 Å². The SMILES string of the molecule is Cn1nc(CC(NC(=O)OC(C)(C)C)C(=O)O)cc1S(C)=O. The maximum absolute atomic E-state index is 11.7. The van der Waals surface area contributed by atoms with Crippen molar-refractivity contribution in [3.05, 3.63) is 11.8 Å². The predicted molar refractivity (Wildman–Crippen MR) is 80.0 cm³/mol. The van der Waals surface area contributed by atoms with E-state index in [1.807, 2.05) is 0 Å². The number of aryl methyl sites for hydroxylation is 1. The molecule has 0 fully saturated rings. The van der Waals surface area contributed by atoms with Crippen molar-refractivity contribution in [2.45, 2.75) is 43.9 Å². The highest BCUT2D eigenvalue weighted by atomic mass is 32.2. The number of ether oxygens (including phenoxy) is 1. The van der Waals surface area contributed by atoms with Gasteiger partial charge in [0.05, 0.1) is 16.5 Å². The van der Waals surface area contributed by atoms with E-state index in [1.54, 1.807) is 33.9 Å². The molecule has 1 aromatic rings. The van der Waals surface area contributed by atoms with E-state index < -0.39 is 34.5 Å². The van der Waals surface area contributed by atoms with Crippen LogP contribution in [0.3, 0.4) is 0 Å². The van der Waals surface area contributed by atoms with Crippen molar-refractivity contribution in [2.75, 3.05) is 6.26 Å². The molecule has 0 aliphatic carbocycles. The van der Waals surface area contributed by atoms with Crippen molar-refractivity contribution < 1.29 is 23.6 Å². The number of nitrogens with zero attached hydrogens (tertiary/aromatic N) is 2. The fraction of sp³-hybridized carbons (Fsp3) is 0.615. The highest BCUT2D eigenvalue weighted by Gasteiger charge is 2.25. The molecule has 0 saturated carbocycles. The van der Waals surface area contributed by atoms with Crippen LogP contribution in [-0.4, -0.2) is 49.1 Å². The molecule has 22 heavy (non-hydrogen) atoms. The summed E-state index contributed by atoms with van der Waals surface area (Å²) >= 11 is 0. The first kappa shape index (κ1) is 18.1. The van der Waals surface area contributed by atoms with Crippen LogP contribution in [0.1, 0.15) is 26.5 Å². The highest BCUT2D eigenvalue weighted by molar-refractivity contribution is 7.84. The molecule has 0 saturated heterocycles. The Balaban J connectivity index is 2.81. The molecular formula is C13H21N3O5S. The van der Waals surface area contributed by atoms with E-state index in [0.29, 0.717) is 10.7 Å². The summed E-state index contributed by atoms with van der Waals surface area (Å²) in [5.74, 6) is -1.20. The van der Waals surface area contributed by atoms with Crippen molar-refractivity contribution in [2.24, 2.45) is 7.05 Å². The van der Waals surface area contributed by atoms with Gasteiger partial charge in [-0.25, -0.2) is 9.59 Å². The number of aliphatic carboxylic acids is 1. The van der Waals surface area contributed by atoms with Gasteiger partial charge in [0.15, 0.2) is 0 Å². The fourth-order valence-electron chi connectivity index (χ4n) is 1.73. The minimum absolute atomic E-state index is 0.0282. The zero-order chi connectivity index (χ0) is 17.1. The van der Waals surface area contributed by atoms with Gasteiger partial charge >= 0.3 is 12.1 Å². The monoisotopic (exact) mass is 331 g/mol. The van der Waals surface area contributed by atoms with Gasteiger partial charge in [0, 0.05) is 19.7 Å². The number of alkyl carbamates (subject to hydrolysis) is 1. The Morgan fingerprint density at radius 3 is 2.50 bits per heavy atom. The Bertz CT molecular complexity index is 591. The normalized spacial score (nSPS) is 14.2. The first-order chi connectivity index (χ1) is 9.99. The highest BCUT2D eigenvalue weighted by Crippen LogP contribution is 2.11. The molecule has 1 aromatic heterocycles. The smallest absolute Gasteiger partial charge is 0.408 e. The Labute approximate surface area is 131 Å². The maximum atomic E-state index is 11.7. The van der Waals surface area contributed by atoms with Crippen LogP contribution in [0.25, 0.3) is 0 Å². The second-order valence-electron chi connectivity index (χ2n) is 5.79. The summed E-state index contributed by atoms with van der Waals surface area (Å²) in [6.45, 7) is 5.05. The Hall–Kier alpha value is -1.90. The number of hydrogen-bond donors (Lipinski definition) is 2. The largest absolute Gasteiger partial charge is 0.480 e. The van der Waals surface area contributed by atoms with Gasteiger partial charge in [-0.2, -0.15) is 5.10 Å². The molecular weight excluding hydrogens is 310 g/mol. The van der Waals surface area contributed by atoms with Gasteiger partial charge in [0.2, 0.25) is 0 Å². The summed E-state index contributed by atoms with van der Waals surface area (Å²) in [5, 5.41) is 16.1. The molecule has 9 heteroatoms. The van der Waals surface area contributed by atoms with E-state index in [4.69, 9.17) is 4.74 Å². The molecule has 2 N–H and O–H groups in total. The molecule has 0 aromatic carbocycles. The molecule has 2 atom stereocenters. The lowest BCUT2D eigenvalue weighted by atomic mass is 10.1. The van der Waals surface area contributed by atoms with Crippen molar-refractivity contribution in [3.63, 3.8) is 0 Å². The number of carboxylic acid groups (broad SMARTS) is 1. The second-order valence-corrected chi connectivity index (χ2v) is 7.12. The minimum atomic E-state index is -1.23. The molecule has 124 valence electrons. The molecule has 0 aliphatic rings. The average Bonchev–Trinajstić information content (AvgIpc) is 2.66. The van der Waals surface area contributed by atoms with Crippen LogP contribution in [0.2, 0.25) is 0 Å². The average molecular weight is 331 g/mol. The lowest BCUT2D eigenvalue weighted by Gasteiger charge is -2.21. The third-order valence-electron chi connectivity index (χ3n) is 2.58. The predicted octanol–water partition coefficient (Wildman–Crippen LogP) is 0.678. The molecule has 0 spiro atoms. The van der Waals surface area contributed by atoms with Gasteiger partial charge in [0.25, 0.3) is 0 Å². The van der Waals surface area contributed by atoms with Crippen LogP contribution in [0.5, 0.6) is 0 Å². The van der Waals surface area contributed by atoms with E-state index in [1.165, 1.54) is 10.9 Å². The number of rotatable bonds is 5. The van der Waals surface area contributed by atoms with E-state index in [-0.39, 0.29) is 6.42 Å². The van der Waals surface area contributed by atoms with E-state index in [9.17, 15) is 18.9 Å². The molecule has 1 heterocycles. The van der Waals surface area contributed by atoms with Crippen LogP contribution in [0.15, 0.2) is 11.1 Å². The van der Waals surface area contributed by atoms with E-state index in [2.05, 4.69) is 10.4 Å². The van der Waals surface area contributed by atoms with Gasteiger partial charge < -0.3 is 15.2 Å². The quantitative estimate of drug-likeness (QED) is 0.821. The second kappa shape index (κ2) is 6.91. The van der Waals surface area contributed by atoms with Crippen molar-refractivity contribution in [3.8, 4) is 0 Å². The first-order valence-corrected chi connectivity index (χ1v) is 8.14. The van der Waals surface area contributed by atoms with Crippen LogP contribution in [0.4, 0.5) is 4.79 Å². The van der Waals surface area contributed by atoms with Gasteiger partial charge in [-0.15, -0.1) is 0 Å². The fourth-order valence-corrected chi connectivity index (χ4v) is 2.45. The number of carbonyl (C=O) groups is 2. The lowest BCUT2D eigenvalue weighted by molar-refractivity contribution is -0.139. The maximum Gasteiger partial charge on any atom is 0.408 e. The van der Waals surface area contributed by atoms with Crippen molar-refractivity contribution >= 4 is 22.9 Å². The third-order valence-corrected chi connectivity index (χ3v) is 3.56. The molecule has 8 nitrogen and oxygen atoms in total. The Morgan fingerprint density at radius 2 is 2.09 bits per heavy atom. The van der Waals surface area contributed by atoms with Crippen LogP contribution >= 0.6 is 0 Å². The van der Waals surface area contributed by atoms with Crippen LogP contribution in [0, 0.1) is 0 Å². The Kier molecular flexibility index (Phi) is 5.70. The number of nitrogens with one attached hydrogen (secondary N) is 1. The van der Waals surface area contributed by atoms with Crippen molar-refractivity contribution in [1.29, 1.82) is 0 Å². The van der Waals surface area contributed by atoms with E-state index in [0.717, 1.165) is 0 Å². The van der Waals surface area contributed by atoms with Crippen molar-refractivity contribution in [1.82, 2.24) is 15.1 Å². The molecule has 0 aliphatic heterocycles. The van der Waals surface area contributed by atoms with E-state index >= 15 is 0 Å². The topological polar surface area (TPSA) is 111 Å². The standard InChI is InChI=1S/C13H21N3O5S/c1-13(2,3)21-12(19)14-9(11(17)18)6-8-7-10(22(5)20)16(4)15-8/h7,9H,6H2,1-5H3,(H,14,19)(H,17,18). The number of amides is 1. The number of hydrogen-bond acceptors (Lipinski definition) is 5. The summed E-state index contributed by atoms with van der Waals surface area (Å²) in [6.07, 6.45) is 0.670. The number of carboxylic acids is 1. The Morgan fingerprint density at radius 1 is 1.50 bits per heavy atom. The summed E-state index contributed by atoms with van der Waals surface area (Å²) in [7, 11) is 0.394.